The Bertz CT molecular complexity index is 511. The lowest BCUT2D eigenvalue weighted by Crippen LogP contribution is -2.45. The third-order valence-corrected chi connectivity index (χ3v) is 4.36. The van der Waals surface area contributed by atoms with Gasteiger partial charge in [-0.2, -0.15) is 0 Å². The second-order valence-electron chi connectivity index (χ2n) is 6.28. The summed E-state index contributed by atoms with van der Waals surface area (Å²) in [6.45, 7) is 7.26. The number of hydrogen-bond donors (Lipinski definition) is 0. The summed E-state index contributed by atoms with van der Waals surface area (Å²) in [6.07, 6.45) is 0.506. The summed E-state index contributed by atoms with van der Waals surface area (Å²) in [5.74, 6) is -1.34. The SMILES string of the molecule is CC[C@H](C(=O)OC(C)(C)C)N1CC(CS(=O)(=O)Cl)CC1=O. The summed E-state index contributed by atoms with van der Waals surface area (Å²) in [6, 6.07) is -0.681. The Kier molecular flexibility index (Phi) is 5.66. The van der Waals surface area contributed by atoms with E-state index < -0.39 is 26.7 Å². The fourth-order valence-corrected chi connectivity index (χ4v) is 3.71. The van der Waals surface area contributed by atoms with Gasteiger partial charge in [-0.25, -0.2) is 13.2 Å². The van der Waals surface area contributed by atoms with Crippen molar-refractivity contribution in [1.82, 2.24) is 4.90 Å². The molecule has 0 aliphatic carbocycles. The summed E-state index contributed by atoms with van der Waals surface area (Å²) >= 11 is 0. The maximum absolute atomic E-state index is 12.2. The molecule has 0 saturated carbocycles. The number of carbonyl (C=O) groups is 2. The third-order valence-electron chi connectivity index (χ3n) is 3.12. The van der Waals surface area contributed by atoms with Gasteiger partial charge in [-0.3, -0.25) is 4.79 Å². The van der Waals surface area contributed by atoms with Gasteiger partial charge in [-0.1, -0.05) is 6.92 Å². The van der Waals surface area contributed by atoms with E-state index in [1.807, 2.05) is 0 Å². The molecule has 1 saturated heterocycles. The van der Waals surface area contributed by atoms with Gasteiger partial charge >= 0.3 is 5.97 Å². The van der Waals surface area contributed by atoms with E-state index in [-0.39, 0.29) is 30.5 Å². The maximum Gasteiger partial charge on any atom is 0.329 e. The average Bonchev–Trinajstić information content (AvgIpc) is 2.55. The van der Waals surface area contributed by atoms with Crippen LogP contribution in [0.2, 0.25) is 0 Å². The zero-order valence-corrected chi connectivity index (χ0v) is 14.3. The van der Waals surface area contributed by atoms with Crippen LogP contribution in [0.3, 0.4) is 0 Å². The molecule has 0 bridgehead atoms. The van der Waals surface area contributed by atoms with Crippen LogP contribution in [0.5, 0.6) is 0 Å². The Hall–Kier alpha value is -0.820. The standard InChI is InChI=1S/C13H22ClNO5S/c1-5-10(12(17)20-13(2,3)4)15-7-9(6-11(15)16)8-21(14,18)19/h9-10H,5-8H2,1-4H3/t9?,10-/m1/s1. The first kappa shape index (κ1) is 18.2. The van der Waals surface area contributed by atoms with E-state index in [0.717, 1.165) is 0 Å². The molecule has 0 N–H and O–H groups in total. The molecule has 1 fully saturated rings. The van der Waals surface area contributed by atoms with Crippen molar-refractivity contribution in [1.29, 1.82) is 0 Å². The number of halogens is 1. The van der Waals surface area contributed by atoms with Gasteiger partial charge in [0.15, 0.2) is 0 Å². The number of likely N-dealkylation sites (tertiary alicyclic amines) is 1. The minimum Gasteiger partial charge on any atom is -0.458 e. The molecule has 21 heavy (non-hydrogen) atoms. The van der Waals surface area contributed by atoms with Crippen LogP contribution in [0, 0.1) is 5.92 Å². The van der Waals surface area contributed by atoms with E-state index in [4.69, 9.17) is 15.4 Å². The highest BCUT2D eigenvalue weighted by Crippen LogP contribution is 2.25. The number of amides is 1. The van der Waals surface area contributed by atoms with Crippen LogP contribution in [0.4, 0.5) is 0 Å². The molecule has 6 nitrogen and oxygen atoms in total. The van der Waals surface area contributed by atoms with E-state index in [2.05, 4.69) is 0 Å². The van der Waals surface area contributed by atoms with Crippen molar-refractivity contribution >= 4 is 31.6 Å². The van der Waals surface area contributed by atoms with E-state index in [0.29, 0.717) is 6.42 Å². The number of esters is 1. The first-order chi connectivity index (χ1) is 9.43. The van der Waals surface area contributed by atoms with Crippen molar-refractivity contribution in [3.05, 3.63) is 0 Å². The molecule has 0 aromatic carbocycles. The summed E-state index contributed by atoms with van der Waals surface area (Å²) in [5, 5.41) is 0. The average molecular weight is 340 g/mol. The van der Waals surface area contributed by atoms with Crippen LogP contribution in [-0.2, 0) is 23.4 Å². The minimum absolute atomic E-state index is 0.0885. The molecule has 1 heterocycles. The molecule has 1 aliphatic heterocycles. The van der Waals surface area contributed by atoms with Gasteiger partial charge in [0.05, 0.1) is 5.75 Å². The third kappa shape index (κ3) is 5.82. The molecule has 8 heteroatoms. The maximum atomic E-state index is 12.2. The summed E-state index contributed by atoms with van der Waals surface area (Å²) < 4.78 is 27.5. The fourth-order valence-electron chi connectivity index (χ4n) is 2.39. The van der Waals surface area contributed by atoms with Crippen LogP contribution in [-0.4, -0.2) is 49.1 Å². The molecule has 0 spiro atoms. The lowest BCUT2D eigenvalue weighted by molar-refractivity contribution is -0.163. The molecule has 1 rings (SSSR count). The van der Waals surface area contributed by atoms with E-state index in [9.17, 15) is 18.0 Å². The molecule has 122 valence electrons. The van der Waals surface area contributed by atoms with Gasteiger partial charge in [0.25, 0.3) is 0 Å². The number of hydrogen-bond acceptors (Lipinski definition) is 5. The Labute approximate surface area is 130 Å². The molecule has 0 aromatic rings. The molecule has 1 unspecified atom stereocenters. The first-order valence-corrected chi connectivity index (χ1v) is 9.35. The molecular weight excluding hydrogens is 318 g/mol. The number of rotatable bonds is 5. The van der Waals surface area contributed by atoms with E-state index >= 15 is 0 Å². The lowest BCUT2D eigenvalue weighted by atomic mass is 10.1. The van der Waals surface area contributed by atoms with Crippen molar-refractivity contribution in [2.45, 2.75) is 52.2 Å². The molecule has 2 atom stereocenters. The van der Waals surface area contributed by atoms with Crippen molar-refractivity contribution in [3.8, 4) is 0 Å². The predicted molar refractivity (Wildman–Crippen MR) is 79.4 cm³/mol. The first-order valence-electron chi connectivity index (χ1n) is 6.87. The quantitative estimate of drug-likeness (QED) is 0.560. The van der Waals surface area contributed by atoms with Gasteiger partial charge in [-0.15, -0.1) is 0 Å². The van der Waals surface area contributed by atoms with Crippen LogP contribution in [0.1, 0.15) is 40.5 Å². The Balaban J connectivity index is 2.78. The highest BCUT2D eigenvalue weighted by Gasteiger charge is 2.39. The summed E-state index contributed by atoms with van der Waals surface area (Å²) in [7, 11) is 1.56. The second-order valence-corrected chi connectivity index (χ2v) is 9.10. The Morgan fingerprint density at radius 2 is 2.05 bits per heavy atom. The Morgan fingerprint density at radius 3 is 2.48 bits per heavy atom. The predicted octanol–water partition coefficient (Wildman–Crippen LogP) is 1.52. The van der Waals surface area contributed by atoms with Crippen LogP contribution in [0.15, 0.2) is 0 Å². The number of nitrogens with zero attached hydrogens (tertiary/aromatic N) is 1. The van der Waals surface area contributed by atoms with Gasteiger partial charge in [0, 0.05) is 29.6 Å². The monoisotopic (exact) mass is 339 g/mol. The van der Waals surface area contributed by atoms with Gasteiger partial charge in [0.1, 0.15) is 11.6 Å². The van der Waals surface area contributed by atoms with Crippen molar-refractivity contribution in [3.63, 3.8) is 0 Å². The van der Waals surface area contributed by atoms with Crippen molar-refractivity contribution < 1.29 is 22.7 Å². The van der Waals surface area contributed by atoms with E-state index in [1.54, 1.807) is 27.7 Å². The molecular formula is C13H22ClNO5S. The van der Waals surface area contributed by atoms with Crippen LogP contribution < -0.4 is 0 Å². The summed E-state index contributed by atoms with van der Waals surface area (Å²) in [5.41, 5.74) is -0.633. The van der Waals surface area contributed by atoms with Crippen molar-refractivity contribution in [2.75, 3.05) is 12.3 Å². The highest BCUT2D eigenvalue weighted by molar-refractivity contribution is 8.13. The van der Waals surface area contributed by atoms with Crippen molar-refractivity contribution in [2.24, 2.45) is 5.92 Å². The highest BCUT2D eigenvalue weighted by atomic mass is 35.7. The second kappa shape index (κ2) is 6.52. The Morgan fingerprint density at radius 1 is 1.48 bits per heavy atom. The van der Waals surface area contributed by atoms with Gasteiger partial charge in [0.2, 0.25) is 15.0 Å². The smallest absolute Gasteiger partial charge is 0.329 e. The van der Waals surface area contributed by atoms with Crippen LogP contribution >= 0.6 is 10.7 Å². The molecule has 0 aromatic heterocycles. The van der Waals surface area contributed by atoms with Gasteiger partial charge in [-0.05, 0) is 27.2 Å². The fraction of sp³-hybridized carbons (Fsp3) is 0.846. The topological polar surface area (TPSA) is 80.8 Å². The molecule has 1 amide bonds. The normalized spacial score (nSPS) is 21.5. The largest absolute Gasteiger partial charge is 0.458 e. The van der Waals surface area contributed by atoms with E-state index in [1.165, 1.54) is 4.90 Å². The van der Waals surface area contributed by atoms with Gasteiger partial charge < -0.3 is 9.64 Å². The zero-order chi connectivity index (χ0) is 16.4. The molecule has 1 aliphatic rings. The number of ether oxygens (including phenoxy) is 1. The lowest BCUT2D eigenvalue weighted by Gasteiger charge is -2.29. The molecule has 0 radical (unpaired) electrons. The number of carbonyl (C=O) groups excluding carboxylic acids is 2. The zero-order valence-electron chi connectivity index (χ0n) is 12.8. The summed E-state index contributed by atoms with van der Waals surface area (Å²) in [4.78, 5) is 25.6. The minimum atomic E-state index is -3.66. The van der Waals surface area contributed by atoms with Crippen LogP contribution in [0.25, 0.3) is 0 Å².